The van der Waals surface area contributed by atoms with Crippen LogP contribution in [0.3, 0.4) is 0 Å². The number of benzene rings is 1. The van der Waals surface area contributed by atoms with Crippen LogP contribution in [0.25, 0.3) is 0 Å². The Morgan fingerprint density at radius 3 is 2.39 bits per heavy atom. The zero-order chi connectivity index (χ0) is 19.8. The zero-order valence-corrected chi connectivity index (χ0v) is 20.3. The maximum atomic E-state index is 5.16. The van der Waals surface area contributed by atoms with Gasteiger partial charge in [-0.25, -0.2) is 0 Å². The van der Waals surface area contributed by atoms with Crippen molar-refractivity contribution in [3.63, 3.8) is 0 Å². The average molecular weight is 499 g/mol. The standard InChI is InChI=1S/C21H33N5O.HI/c1-15-11-16(2)13-19(12-15)7-8-23-21(22-5)24-14-20-17(3)25-26(18(20)4)9-10-27-6;/h11-13H,7-10,14H2,1-6H3,(H2,22,23,24);1H. The molecule has 0 aliphatic carbocycles. The SMILES string of the molecule is CN=C(NCCc1cc(C)cc(C)c1)NCc1c(C)nn(CCOC)c1C.I. The van der Waals surface area contributed by atoms with Gasteiger partial charge in [0.15, 0.2) is 5.96 Å². The number of hydrogen-bond donors (Lipinski definition) is 2. The first-order valence-electron chi connectivity index (χ1n) is 9.48. The lowest BCUT2D eigenvalue weighted by molar-refractivity contribution is 0.182. The zero-order valence-electron chi connectivity index (χ0n) is 17.9. The van der Waals surface area contributed by atoms with Crippen LogP contribution in [0.4, 0.5) is 0 Å². The molecule has 2 aromatic rings. The van der Waals surface area contributed by atoms with Crippen molar-refractivity contribution in [2.24, 2.45) is 4.99 Å². The highest BCUT2D eigenvalue weighted by atomic mass is 127. The second-order valence-electron chi connectivity index (χ2n) is 6.96. The summed E-state index contributed by atoms with van der Waals surface area (Å²) >= 11 is 0. The highest BCUT2D eigenvalue weighted by Gasteiger charge is 2.11. The second-order valence-corrected chi connectivity index (χ2v) is 6.96. The lowest BCUT2D eigenvalue weighted by Crippen LogP contribution is -2.38. The van der Waals surface area contributed by atoms with E-state index in [0.717, 1.165) is 31.2 Å². The van der Waals surface area contributed by atoms with Crippen LogP contribution in [0.5, 0.6) is 0 Å². The predicted molar refractivity (Wildman–Crippen MR) is 127 cm³/mol. The van der Waals surface area contributed by atoms with E-state index in [0.29, 0.717) is 13.2 Å². The molecular formula is C21H34IN5O. The summed E-state index contributed by atoms with van der Waals surface area (Å²) in [6, 6.07) is 6.69. The minimum atomic E-state index is 0. The number of nitrogens with one attached hydrogen (secondary N) is 2. The number of guanidine groups is 1. The van der Waals surface area contributed by atoms with E-state index in [2.05, 4.69) is 59.7 Å². The number of ether oxygens (including phenoxy) is 1. The van der Waals surface area contributed by atoms with Gasteiger partial charge in [-0.15, -0.1) is 24.0 Å². The van der Waals surface area contributed by atoms with Gasteiger partial charge in [-0.2, -0.15) is 5.10 Å². The molecule has 0 bridgehead atoms. The Labute approximate surface area is 186 Å². The predicted octanol–water partition coefficient (Wildman–Crippen LogP) is 3.29. The summed E-state index contributed by atoms with van der Waals surface area (Å²) in [5.74, 6) is 0.808. The van der Waals surface area contributed by atoms with Gasteiger partial charge in [0.05, 0.1) is 18.8 Å². The molecule has 0 radical (unpaired) electrons. The van der Waals surface area contributed by atoms with Crippen molar-refractivity contribution in [1.29, 1.82) is 0 Å². The molecule has 0 spiro atoms. The van der Waals surface area contributed by atoms with Gasteiger partial charge in [0, 0.05) is 38.5 Å². The average Bonchev–Trinajstić information content (AvgIpc) is 2.89. The molecule has 2 N–H and O–H groups in total. The van der Waals surface area contributed by atoms with Crippen LogP contribution >= 0.6 is 24.0 Å². The highest BCUT2D eigenvalue weighted by molar-refractivity contribution is 14.0. The molecule has 1 aromatic heterocycles. The normalized spacial score (nSPS) is 11.3. The lowest BCUT2D eigenvalue weighted by Gasteiger charge is -2.13. The third kappa shape index (κ3) is 7.09. The smallest absolute Gasteiger partial charge is 0.191 e. The Kier molecular flexibility index (Phi) is 10.5. The van der Waals surface area contributed by atoms with Crippen LogP contribution in [-0.2, 0) is 24.2 Å². The van der Waals surface area contributed by atoms with Crippen LogP contribution in [0.2, 0.25) is 0 Å². The van der Waals surface area contributed by atoms with Crippen molar-refractivity contribution in [3.8, 4) is 0 Å². The van der Waals surface area contributed by atoms with Crippen LogP contribution < -0.4 is 10.6 Å². The van der Waals surface area contributed by atoms with Crippen molar-refractivity contribution < 1.29 is 4.74 Å². The molecule has 1 aromatic carbocycles. The molecule has 0 saturated heterocycles. The Bertz CT molecular complexity index is 765. The molecule has 28 heavy (non-hydrogen) atoms. The van der Waals surface area contributed by atoms with E-state index in [9.17, 15) is 0 Å². The minimum absolute atomic E-state index is 0. The molecule has 1 heterocycles. The Morgan fingerprint density at radius 1 is 1.11 bits per heavy atom. The monoisotopic (exact) mass is 499 g/mol. The summed E-state index contributed by atoms with van der Waals surface area (Å²) in [5, 5.41) is 11.4. The molecule has 0 aliphatic heterocycles. The summed E-state index contributed by atoms with van der Waals surface area (Å²) in [4.78, 5) is 4.33. The third-order valence-corrected chi connectivity index (χ3v) is 4.68. The number of halogens is 1. The van der Waals surface area contributed by atoms with E-state index in [4.69, 9.17) is 4.74 Å². The maximum Gasteiger partial charge on any atom is 0.191 e. The number of aryl methyl sites for hydroxylation is 3. The number of methoxy groups -OCH3 is 1. The molecule has 7 heteroatoms. The van der Waals surface area contributed by atoms with Crippen LogP contribution in [0.15, 0.2) is 23.2 Å². The van der Waals surface area contributed by atoms with Crippen molar-refractivity contribution in [3.05, 3.63) is 51.8 Å². The number of hydrogen-bond acceptors (Lipinski definition) is 3. The number of aliphatic imine (C=N–C) groups is 1. The topological polar surface area (TPSA) is 63.5 Å². The van der Waals surface area contributed by atoms with E-state index in [1.165, 1.54) is 27.9 Å². The minimum Gasteiger partial charge on any atom is -0.383 e. The quantitative estimate of drug-likeness (QED) is 0.333. The van der Waals surface area contributed by atoms with E-state index in [1.54, 1.807) is 14.2 Å². The molecule has 2 rings (SSSR count). The summed E-state index contributed by atoms with van der Waals surface area (Å²) < 4.78 is 7.16. The summed E-state index contributed by atoms with van der Waals surface area (Å²) in [5.41, 5.74) is 7.39. The van der Waals surface area contributed by atoms with Gasteiger partial charge in [0.1, 0.15) is 0 Å². The van der Waals surface area contributed by atoms with Gasteiger partial charge >= 0.3 is 0 Å². The van der Waals surface area contributed by atoms with Crippen molar-refractivity contribution in [2.45, 2.75) is 47.2 Å². The molecule has 0 unspecified atom stereocenters. The van der Waals surface area contributed by atoms with Gasteiger partial charge in [-0.3, -0.25) is 9.67 Å². The van der Waals surface area contributed by atoms with Crippen molar-refractivity contribution in [1.82, 2.24) is 20.4 Å². The largest absolute Gasteiger partial charge is 0.383 e. The van der Waals surface area contributed by atoms with Gasteiger partial charge < -0.3 is 15.4 Å². The van der Waals surface area contributed by atoms with Crippen molar-refractivity contribution in [2.75, 3.05) is 27.3 Å². The van der Waals surface area contributed by atoms with Gasteiger partial charge in [-0.1, -0.05) is 29.3 Å². The molecule has 0 aliphatic rings. The molecule has 0 saturated carbocycles. The number of nitrogens with zero attached hydrogens (tertiary/aromatic N) is 3. The molecule has 0 fully saturated rings. The van der Waals surface area contributed by atoms with E-state index < -0.39 is 0 Å². The number of rotatable bonds is 8. The van der Waals surface area contributed by atoms with Gasteiger partial charge in [0.25, 0.3) is 0 Å². The Hall–Kier alpha value is -1.61. The van der Waals surface area contributed by atoms with Gasteiger partial charge in [-0.05, 0) is 39.7 Å². The fourth-order valence-corrected chi connectivity index (χ4v) is 3.32. The first kappa shape index (κ1) is 24.4. The second kappa shape index (κ2) is 12.1. The fraction of sp³-hybridized carbons (Fsp3) is 0.524. The lowest BCUT2D eigenvalue weighted by atomic mass is 10.1. The molecule has 0 amide bonds. The first-order valence-corrected chi connectivity index (χ1v) is 9.48. The molecule has 6 nitrogen and oxygen atoms in total. The van der Waals surface area contributed by atoms with Crippen molar-refractivity contribution >= 4 is 29.9 Å². The maximum absolute atomic E-state index is 5.16. The van der Waals surface area contributed by atoms with E-state index in [1.807, 2.05) is 11.6 Å². The highest BCUT2D eigenvalue weighted by Crippen LogP contribution is 2.13. The Balaban J connectivity index is 0.00000392. The fourth-order valence-electron chi connectivity index (χ4n) is 3.32. The van der Waals surface area contributed by atoms with Gasteiger partial charge in [0.2, 0.25) is 0 Å². The van der Waals surface area contributed by atoms with Crippen LogP contribution in [0, 0.1) is 27.7 Å². The summed E-state index contributed by atoms with van der Waals surface area (Å²) in [6.45, 7) is 11.4. The Morgan fingerprint density at radius 2 is 1.79 bits per heavy atom. The van der Waals surface area contributed by atoms with E-state index in [-0.39, 0.29) is 24.0 Å². The third-order valence-electron chi connectivity index (χ3n) is 4.68. The summed E-state index contributed by atoms with van der Waals surface area (Å²) in [7, 11) is 3.51. The van der Waals surface area contributed by atoms with Crippen LogP contribution in [-0.4, -0.2) is 43.0 Å². The van der Waals surface area contributed by atoms with Crippen LogP contribution in [0.1, 0.15) is 33.6 Å². The molecular weight excluding hydrogens is 465 g/mol. The molecule has 0 atom stereocenters. The molecule has 156 valence electrons. The summed E-state index contributed by atoms with van der Waals surface area (Å²) in [6.07, 6.45) is 0.968. The van der Waals surface area contributed by atoms with E-state index >= 15 is 0 Å². The number of aromatic nitrogens is 2. The first-order chi connectivity index (χ1) is 12.9.